The zero-order valence-electron chi connectivity index (χ0n) is 13.4. The molecule has 1 aromatic carbocycles. The Labute approximate surface area is 132 Å². The van der Waals surface area contributed by atoms with Gasteiger partial charge in [-0.05, 0) is 44.2 Å². The number of piperidine rings is 1. The summed E-state index contributed by atoms with van der Waals surface area (Å²) >= 11 is 0. The van der Waals surface area contributed by atoms with E-state index in [1.165, 1.54) is 0 Å². The van der Waals surface area contributed by atoms with Crippen molar-refractivity contribution < 1.29 is 13.2 Å². The van der Waals surface area contributed by atoms with Crippen molar-refractivity contribution in [2.24, 2.45) is 5.92 Å². The third-order valence-corrected chi connectivity index (χ3v) is 5.60. The molecule has 2 rings (SSSR count). The van der Waals surface area contributed by atoms with Gasteiger partial charge in [-0.1, -0.05) is 24.6 Å². The zero-order chi connectivity index (χ0) is 16.3. The third-order valence-electron chi connectivity index (χ3n) is 4.04. The number of rotatable bonds is 4. The van der Waals surface area contributed by atoms with Gasteiger partial charge in [0.05, 0.1) is 11.4 Å². The van der Waals surface area contributed by atoms with Crippen LogP contribution in [0.5, 0.6) is 0 Å². The summed E-state index contributed by atoms with van der Waals surface area (Å²) in [6.07, 6.45) is 2.11. The third kappa shape index (κ3) is 4.08. The number of sulfonamides is 1. The zero-order valence-corrected chi connectivity index (χ0v) is 14.2. The van der Waals surface area contributed by atoms with Crippen LogP contribution in [0.25, 0.3) is 0 Å². The largest absolute Gasteiger partial charge is 0.341 e. The van der Waals surface area contributed by atoms with Crippen molar-refractivity contribution in [3.63, 3.8) is 0 Å². The van der Waals surface area contributed by atoms with Crippen molar-refractivity contribution in [1.29, 1.82) is 0 Å². The van der Waals surface area contributed by atoms with Crippen LogP contribution in [-0.2, 0) is 14.8 Å². The van der Waals surface area contributed by atoms with Crippen molar-refractivity contribution in [1.82, 2.24) is 9.62 Å². The van der Waals surface area contributed by atoms with Gasteiger partial charge < -0.3 is 4.90 Å². The Balaban J connectivity index is 2.01. The molecule has 1 saturated heterocycles. The van der Waals surface area contributed by atoms with Gasteiger partial charge in [0.2, 0.25) is 15.9 Å². The lowest BCUT2D eigenvalue weighted by atomic mass is 10.0. The topological polar surface area (TPSA) is 66.5 Å². The van der Waals surface area contributed by atoms with Crippen LogP contribution in [0.2, 0.25) is 0 Å². The maximum absolute atomic E-state index is 12.3. The first-order chi connectivity index (χ1) is 10.3. The van der Waals surface area contributed by atoms with Crippen LogP contribution in [0.3, 0.4) is 0 Å². The average Bonchev–Trinajstić information content (AvgIpc) is 2.44. The normalized spacial score (nSPS) is 19.2. The minimum atomic E-state index is -3.65. The molecule has 0 spiro atoms. The van der Waals surface area contributed by atoms with Crippen molar-refractivity contribution in [2.75, 3.05) is 19.6 Å². The molecule has 0 radical (unpaired) electrons. The van der Waals surface area contributed by atoms with Gasteiger partial charge in [-0.3, -0.25) is 4.79 Å². The van der Waals surface area contributed by atoms with Crippen LogP contribution in [0, 0.1) is 19.8 Å². The van der Waals surface area contributed by atoms with Crippen molar-refractivity contribution in [3.8, 4) is 0 Å². The Morgan fingerprint density at radius 2 is 2.09 bits per heavy atom. The standard InChI is InChI=1S/C16H24N2O3S/c1-12-6-7-15(14(3)9-12)22(20,21)17-10-16(19)18-8-4-5-13(2)11-18/h6-7,9,13,17H,4-5,8,10-11H2,1-3H3. The molecule has 1 aromatic rings. The molecule has 5 nitrogen and oxygen atoms in total. The van der Waals surface area contributed by atoms with E-state index in [1.54, 1.807) is 24.0 Å². The minimum absolute atomic E-state index is 0.153. The van der Waals surface area contributed by atoms with Gasteiger partial charge in [-0.25, -0.2) is 13.1 Å². The maximum Gasteiger partial charge on any atom is 0.241 e. The molecular formula is C16H24N2O3S. The molecule has 0 aromatic heterocycles. The second-order valence-corrected chi connectivity index (χ2v) is 7.92. The Bertz CT molecular complexity index is 655. The quantitative estimate of drug-likeness (QED) is 0.919. The van der Waals surface area contributed by atoms with Gasteiger partial charge in [0.1, 0.15) is 0 Å². The van der Waals surface area contributed by atoms with Crippen molar-refractivity contribution >= 4 is 15.9 Å². The van der Waals surface area contributed by atoms with Crippen LogP contribution in [-0.4, -0.2) is 38.9 Å². The van der Waals surface area contributed by atoms with Gasteiger partial charge in [-0.2, -0.15) is 0 Å². The molecule has 0 saturated carbocycles. The first-order valence-corrected chi connectivity index (χ1v) is 9.12. The molecule has 1 aliphatic heterocycles. The maximum atomic E-state index is 12.3. The number of carbonyl (C=O) groups excluding carboxylic acids is 1. The number of hydrogen-bond acceptors (Lipinski definition) is 3. The van der Waals surface area contributed by atoms with Gasteiger partial charge in [-0.15, -0.1) is 0 Å². The predicted octanol–water partition coefficient (Wildman–Crippen LogP) is 1.84. The van der Waals surface area contributed by atoms with Gasteiger partial charge in [0.25, 0.3) is 0 Å². The molecular weight excluding hydrogens is 300 g/mol. The van der Waals surface area contributed by atoms with E-state index < -0.39 is 10.0 Å². The highest BCUT2D eigenvalue weighted by atomic mass is 32.2. The molecule has 1 amide bonds. The van der Waals surface area contributed by atoms with E-state index in [0.29, 0.717) is 24.6 Å². The summed E-state index contributed by atoms with van der Waals surface area (Å²) in [7, 11) is -3.65. The summed E-state index contributed by atoms with van der Waals surface area (Å²) in [5, 5.41) is 0. The molecule has 22 heavy (non-hydrogen) atoms. The summed E-state index contributed by atoms with van der Waals surface area (Å²) in [6.45, 7) is 7.04. The van der Waals surface area contributed by atoms with Gasteiger partial charge in [0.15, 0.2) is 0 Å². The highest BCUT2D eigenvalue weighted by Gasteiger charge is 2.23. The van der Waals surface area contributed by atoms with Gasteiger partial charge >= 0.3 is 0 Å². The number of amides is 1. The summed E-state index contributed by atoms with van der Waals surface area (Å²) < 4.78 is 27.1. The lowest BCUT2D eigenvalue weighted by molar-refractivity contribution is -0.131. The van der Waals surface area contributed by atoms with E-state index >= 15 is 0 Å². The Kier molecular flexibility index (Phi) is 5.24. The predicted molar refractivity (Wildman–Crippen MR) is 86.1 cm³/mol. The lowest BCUT2D eigenvalue weighted by Gasteiger charge is -2.31. The van der Waals surface area contributed by atoms with Crippen LogP contribution in [0.1, 0.15) is 30.9 Å². The number of likely N-dealkylation sites (tertiary alicyclic amines) is 1. The second-order valence-electron chi connectivity index (χ2n) is 6.18. The van der Waals surface area contributed by atoms with E-state index in [2.05, 4.69) is 11.6 Å². The average molecular weight is 324 g/mol. The van der Waals surface area contributed by atoms with Gasteiger partial charge in [0, 0.05) is 13.1 Å². The van der Waals surface area contributed by atoms with E-state index in [-0.39, 0.29) is 17.3 Å². The number of carbonyl (C=O) groups is 1. The van der Waals surface area contributed by atoms with Crippen LogP contribution >= 0.6 is 0 Å². The summed E-state index contributed by atoms with van der Waals surface area (Å²) in [5.74, 6) is 0.327. The summed E-state index contributed by atoms with van der Waals surface area (Å²) in [5.41, 5.74) is 1.70. The van der Waals surface area contributed by atoms with Crippen LogP contribution in [0.15, 0.2) is 23.1 Å². The number of aryl methyl sites for hydroxylation is 2. The molecule has 1 heterocycles. The second kappa shape index (κ2) is 6.79. The highest BCUT2D eigenvalue weighted by Crippen LogP contribution is 2.17. The van der Waals surface area contributed by atoms with Crippen molar-refractivity contribution in [3.05, 3.63) is 29.3 Å². The van der Waals surface area contributed by atoms with E-state index in [0.717, 1.165) is 18.4 Å². The number of hydrogen-bond donors (Lipinski definition) is 1. The van der Waals surface area contributed by atoms with Crippen LogP contribution < -0.4 is 4.72 Å². The van der Waals surface area contributed by atoms with Crippen LogP contribution in [0.4, 0.5) is 0 Å². The fourth-order valence-electron chi connectivity index (χ4n) is 2.86. The summed E-state index contributed by atoms with van der Waals surface area (Å²) in [6, 6.07) is 5.17. The molecule has 0 aliphatic carbocycles. The number of nitrogens with one attached hydrogen (secondary N) is 1. The fourth-order valence-corrected chi connectivity index (χ4v) is 4.06. The molecule has 1 N–H and O–H groups in total. The molecule has 122 valence electrons. The minimum Gasteiger partial charge on any atom is -0.341 e. The number of nitrogens with zero attached hydrogens (tertiary/aromatic N) is 1. The first-order valence-electron chi connectivity index (χ1n) is 7.64. The monoisotopic (exact) mass is 324 g/mol. The van der Waals surface area contributed by atoms with E-state index in [1.807, 2.05) is 13.0 Å². The molecule has 1 atom stereocenters. The highest BCUT2D eigenvalue weighted by molar-refractivity contribution is 7.89. The SMILES string of the molecule is Cc1ccc(S(=O)(=O)NCC(=O)N2CCCC(C)C2)c(C)c1. The molecule has 1 unspecified atom stereocenters. The smallest absolute Gasteiger partial charge is 0.241 e. The molecule has 1 aliphatic rings. The first kappa shape index (κ1) is 17.0. The summed E-state index contributed by atoms with van der Waals surface area (Å²) in [4.78, 5) is 14.1. The molecule has 1 fully saturated rings. The fraction of sp³-hybridized carbons (Fsp3) is 0.562. The lowest BCUT2D eigenvalue weighted by Crippen LogP contribution is -2.44. The Hall–Kier alpha value is -1.40. The Morgan fingerprint density at radius 1 is 1.36 bits per heavy atom. The van der Waals surface area contributed by atoms with E-state index in [9.17, 15) is 13.2 Å². The van der Waals surface area contributed by atoms with E-state index in [4.69, 9.17) is 0 Å². The molecule has 6 heteroatoms. The Morgan fingerprint density at radius 3 is 2.73 bits per heavy atom. The van der Waals surface area contributed by atoms with Crippen molar-refractivity contribution in [2.45, 2.75) is 38.5 Å². The number of benzene rings is 1. The molecule has 0 bridgehead atoms.